The van der Waals surface area contributed by atoms with Crippen LogP contribution in [0, 0.1) is 11.8 Å². The summed E-state index contributed by atoms with van der Waals surface area (Å²) in [6.45, 7) is 2.27. The zero-order valence-corrected chi connectivity index (χ0v) is 14.9. The zero-order valence-electron chi connectivity index (χ0n) is 14.9. The first-order chi connectivity index (χ1) is 11.7. The molecule has 24 heavy (non-hydrogen) atoms. The smallest absolute Gasteiger partial charge is 0.122 e. The van der Waals surface area contributed by atoms with Gasteiger partial charge in [0, 0.05) is 13.1 Å². The average Bonchev–Trinajstić information content (AvgIpc) is 2.95. The molecule has 1 heterocycles. The van der Waals surface area contributed by atoms with Crippen LogP contribution >= 0.6 is 0 Å². The van der Waals surface area contributed by atoms with Crippen molar-refractivity contribution in [2.24, 2.45) is 11.8 Å². The predicted octanol–water partition coefficient (Wildman–Crippen LogP) is 3.67. The molecule has 128 valence electrons. The maximum Gasteiger partial charge on any atom is 0.122 e. The number of nitrogens with zero attached hydrogens (tertiary/aromatic N) is 1. The number of benzene rings is 2. The lowest BCUT2D eigenvalue weighted by Crippen LogP contribution is -2.18. The van der Waals surface area contributed by atoms with Crippen molar-refractivity contribution in [3.63, 3.8) is 0 Å². The van der Waals surface area contributed by atoms with E-state index in [0.29, 0.717) is 11.8 Å². The lowest BCUT2D eigenvalue weighted by Gasteiger charge is -2.20. The van der Waals surface area contributed by atoms with E-state index < -0.39 is 0 Å². The Morgan fingerprint density at radius 3 is 1.62 bits per heavy atom. The summed E-state index contributed by atoms with van der Waals surface area (Å²) >= 11 is 0. The van der Waals surface area contributed by atoms with E-state index in [9.17, 15) is 0 Å². The van der Waals surface area contributed by atoms with E-state index in [2.05, 4.69) is 48.3 Å². The summed E-state index contributed by atoms with van der Waals surface area (Å²) < 4.78 is 11.1. The van der Waals surface area contributed by atoms with Gasteiger partial charge < -0.3 is 14.4 Å². The Balaban J connectivity index is 1.77. The first-order valence-corrected chi connectivity index (χ1v) is 8.63. The number of para-hydroxylation sites is 2. The van der Waals surface area contributed by atoms with E-state index >= 15 is 0 Å². The zero-order chi connectivity index (χ0) is 16.9. The third-order valence-electron chi connectivity index (χ3n) is 5.11. The van der Waals surface area contributed by atoms with Crippen molar-refractivity contribution in [2.45, 2.75) is 12.8 Å². The fraction of sp³-hybridized carbons (Fsp3) is 0.429. The van der Waals surface area contributed by atoms with Crippen molar-refractivity contribution in [2.75, 3.05) is 34.4 Å². The van der Waals surface area contributed by atoms with E-state index in [0.717, 1.165) is 37.4 Å². The Morgan fingerprint density at radius 2 is 1.21 bits per heavy atom. The van der Waals surface area contributed by atoms with Crippen LogP contribution in [0.4, 0.5) is 0 Å². The van der Waals surface area contributed by atoms with Gasteiger partial charge in [0.2, 0.25) is 0 Å². The molecule has 0 amide bonds. The van der Waals surface area contributed by atoms with Crippen LogP contribution in [-0.2, 0) is 12.8 Å². The molecule has 3 nitrogen and oxygen atoms in total. The van der Waals surface area contributed by atoms with Gasteiger partial charge in [-0.25, -0.2) is 0 Å². The van der Waals surface area contributed by atoms with E-state index in [4.69, 9.17) is 9.47 Å². The van der Waals surface area contributed by atoms with Crippen molar-refractivity contribution in [1.82, 2.24) is 4.90 Å². The van der Waals surface area contributed by atoms with E-state index in [1.54, 1.807) is 14.2 Å². The molecule has 2 aromatic rings. The molecule has 0 bridgehead atoms. The molecule has 1 aliphatic heterocycles. The van der Waals surface area contributed by atoms with Gasteiger partial charge in [-0.2, -0.15) is 0 Å². The Morgan fingerprint density at radius 1 is 0.792 bits per heavy atom. The van der Waals surface area contributed by atoms with Gasteiger partial charge in [0.25, 0.3) is 0 Å². The second-order valence-electron chi connectivity index (χ2n) is 6.77. The molecule has 2 aromatic carbocycles. The van der Waals surface area contributed by atoms with Gasteiger partial charge in [-0.05, 0) is 55.0 Å². The van der Waals surface area contributed by atoms with E-state index in [1.807, 2.05) is 12.1 Å². The molecule has 0 saturated carbocycles. The molecular formula is C21H27NO2. The Bertz CT molecular complexity index is 613. The summed E-state index contributed by atoms with van der Waals surface area (Å²) in [4.78, 5) is 2.44. The number of ether oxygens (including phenoxy) is 2. The van der Waals surface area contributed by atoms with Crippen LogP contribution in [0.2, 0.25) is 0 Å². The highest BCUT2D eigenvalue weighted by Gasteiger charge is 2.32. The SMILES string of the molecule is COc1ccccc1CC1CN(C)CC1Cc1ccccc1OC. The molecule has 3 heteroatoms. The Kier molecular flexibility index (Phi) is 5.41. The molecule has 2 unspecified atom stereocenters. The maximum absolute atomic E-state index is 5.54. The highest BCUT2D eigenvalue weighted by atomic mass is 16.5. The van der Waals surface area contributed by atoms with E-state index in [-0.39, 0.29) is 0 Å². The lowest BCUT2D eigenvalue weighted by atomic mass is 9.85. The predicted molar refractivity (Wildman–Crippen MR) is 97.9 cm³/mol. The van der Waals surface area contributed by atoms with Gasteiger partial charge in [0.05, 0.1) is 14.2 Å². The topological polar surface area (TPSA) is 21.7 Å². The minimum Gasteiger partial charge on any atom is -0.496 e. The van der Waals surface area contributed by atoms with Crippen LogP contribution in [0.1, 0.15) is 11.1 Å². The summed E-state index contributed by atoms with van der Waals surface area (Å²) in [5, 5.41) is 0. The lowest BCUT2D eigenvalue weighted by molar-refractivity contribution is 0.376. The molecule has 1 fully saturated rings. The van der Waals surface area contributed by atoms with Crippen LogP contribution < -0.4 is 9.47 Å². The van der Waals surface area contributed by atoms with Crippen molar-refractivity contribution in [1.29, 1.82) is 0 Å². The standard InChI is InChI=1S/C21H27NO2/c1-22-14-18(12-16-8-4-6-10-20(16)23-2)19(15-22)13-17-9-5-7-11-21(17)24-3/h4-11,18-19H,12-15H2,1-3H3. The fourth-order valence-corrected chi connectivity index (χ4v) is 3.94. The minimum atomic E-state index is 0.635. The van der Waals surface area contributed by atoms with Gasteiger partial charge >= 0.3 is 0 Å². The average molecular weight is 325 g/mol. The maximum atomic E-state index is 5.54. The van der Waals surface area contributed by atoms with Crippen molar-refractivity contribution >= 4 is 0 Å². The third kappa shape index (κ3) is 3.73. The second kappa shape index (κ2) is 7.71. The number of hydrogen-bond acceptors (Lipinski definition) is 3. The summed E-state index contributed by atoms with van der Waals surface area (Å²) in [7, 11) is 5.73. The minimum absolute atomic E-state index is 0.635. The molecule has 0 N–H and O–H groups in total. The van der Waals surface area contributed by atoms with Gasteiger partial charge in [-0.1, -0.05) is 36.4 Å². The highest BCUT2D eigenvalue weighted by molar-refractivity contribution is 5.35. The monoisotopic (exact) mass is 325 g/mol. The van der Waals surface area contributed by atoms with Crippen LogP contribution in [-0.4, -0.2) is 39.3 Å². The van der Waals surface area contributed by atoms with Crippen molar-refractivity contribution in [3.05, 3.63) is 59.7 Å². The molecule has 3 rings (SSSR count). The largest absolute Gasteiger partial charge is 0.496 e. The third-order valence-corrected chi connectivity index (χ3v) is 5.11. The van der Waals surface area contributed by atoms with Crippen LogP contribution in [0.15, 0.2) is 48.5 Å². The van der Waals surface area contributed by atoms with Crippen molar-refractivity contribution in [3.8, 4) is 11.5 Å². The molecule has 0 radical (unpaired) electrons. The van der Waals surface area contributed by atoms with Gasteiger partial charge in [-0.15, -0.1) is 0 Å². The number of hydrogen-bond donors (Lipinski definition) is 0. The first kappa shape index (κ1) is 16.8. The highest BCUT2D eigenvalue weighted by Crippen LogP contribution is 2.33. The number of methoxy groups -OCH3 is 2. The molecule has 0 spiro atoms. The number of likely N-dealkylation sites (tertiary alicyclic amines) is 1. The van der Waals surface area contributed by atoms with Gasteiger partial charge in [-0.3, -0.25) is 0 Å². The molecule has 0 aromatic heterocycles. The quantitative estimate of drug-likeness (QED) is 0.809. The molecule has 1 saturated heterocycles. The second-order valence-corrected chi connectivity index (χ2v) is 6.77. The first-order valence-electron chi connectivity index (χ1n) is 8.63. The molecule has 0 aliphatic carbocycles. The van der Waals surface area contributed by atoms with Crippen molar-refractivity contribution < 1.29 is 9.47 Å². The van der Waals surface area contributed by atoms with E-state index in [1.165, 1.54) is 11.1 Å². The Labute approximate surface area is 145 Å². The molecule has 1 aliphatic rings. The summed E-state index contributed by atoms with van der Waals surface area (Å²) in [5.74, 6) is 3.28. The fourth-order valence-electron chi connectivity index (χ4n) is 3.94. The molecular weight excluding hydrogens is 298 g/mol. The van der Waals surface area contributed by atoms with Crippen LogP contribution in [0.25, 0.3) is 0 Å². The summed E-state index contributed by atoms with van der Waals surface area (Å²) in [5.41, 5.74) is 2.62. The van der Waals surface area contributed by atoms with Gasteiger partial charge in [0.15, 0.2) is 0 Å². The van der Waals surface area contributed by atoms with Crippen LogP contribution in [0.5, 0.6) is 11.5 Å². The number of rotatable bonds is 6. The van der Waals surface area contributed by atoms with Gasteiger partial charge in [0.1, 0.15) is 11.5 Å². The molecule has 2 atom stereocenters. The van der Waals surface area contributed by atoms with Crippen LogP contribution in [0.3, 0.4) is 0 Å². The summed E-state index contributed by atoms with van der Waals surface area (Å²) in [6, 6.07) is 16.8. The normalized spacial score (nSPS) is 21.0. The summed E-state index contributed by atoms with van der Waals surface area (Å²) in [6.07, 6.45) is 2.13. The Hall–Kier alpha value is -2.00.